The van der Waals surface area contributed by atoms with Crippen LogP contribution in [0.4, 0.5) is 0 Å². The van der Waals surface area contributed by atoms with Crippen LogP contribution in [0.1, 0.15) is 59.8 Å². The van der Waals surface area contributed by atoms with Crippen LogP contribution in [0.3, 0.4) is 0 Å². The van der Waals surface area contributed by atoms with E-state index in [9.17, 15) is 4.79 Å². The topological polar surface area (TPSA) is 88.0 Å². The number of nitrogens with zero attached hydrogens (tertiary/aromatic N) is 3. The molecule has 0 spiro atoms. The Labute approximate surface area is 149 Å². The molecule has 24 heavy (non-hydrogen) atoms. The highest BCUT2D eigenvalue weighted by Crippen LogP contribution is 1.99. The van der Waals surface area contributed by atoms with E-state index in [-0.39, 0.29) is 5.91 Å². The quantitative estimate of drug-likeness (QED) is 0.495. The van der Waals surface area contributed by atoms with Crippen LogP contribution >= 0.6 is 0 Å². The van der Waals surface area contributed by atoms with Crippen LogP contribution < -0.4 is 11.5 Å². The second kappa shape index (κ2) is 15.4. The average molecular weight is 344 g/mol. The van der Waals surface area contributed by atoms with Gasteiger partial charge in [0.25, 0.3) is 0 Å². The molecule has 0 heterocycles. The number of nitrogens with two attached hydrogens (primary N) is 2. The van der Waals surface area contributed by atoms with Crippen LogP contribution in [0.25, 0.3) is 0 Å². The molecule has 0 bridgehead atoms. The van der Waals surface area contributed by atoms with E-state index in [0.29, 0.717) is 12.1 Å². The third kappa shape index (κ3) is 15.7. The van der Waals surface area contributed by atoms with Crippen molar-refractivity contribution < 1.29 is 4.79 Å². The van der Waals surface area contributed by atoms with Gasteiger partial charge in [-0.25, -0.2) is 0 Å². The first-order valence-corrected chi connectivity index (χ1v) is 9.02. The lowest BCUT2D eigenvalue weighted by Crippen LogP contribution is -2.27. The van der Waals surface area contributed by atoms with Gasteiger partial charge in [0.05, 0.1) is 5.84 Å². The molecule has 0 aliphatic carbocycles. The summed E-state index contributed by atoms with van der Waals surface area (Å²) in [6, 6.07) is 0.614. The average Bonchev–Trinajstić information content (AvgIpc) is 2.53. The van der Waals surface area contributed by atoms with E-state index in [1.807, 2.05) is 27.9 Å². The van der Waals surface area contributed by atoms with Crippen LogP contribution in [0, 0.1) is 0 Å². The van der Waals surface area contributed by atoms with Crippen molar-refractivity contribution in [3.8, 4) is 0 Å². The third-order valence-electron chi connectivity index (χ3n) is 4.16. The molecule has 0 aliphatic rings. The van der Waals surface area contributed by atoms with Gasteiger partial charge in [0, 0.05) is 53.2 Å². The monoisotopic (exact) mass is 343 g/mol. The molecule has 2 unspecified atom stereocenters. The van der Waals surface area contributed by atoms with Crippen molar-refractivity contribution in [1.29, 1.82) is 0 Å². The maximum atomic E-state index is 10.8. The predicted molar refractivity (Wildman–Crippen MR) is 105 cm³/mol. The number of carbonyl (C=O) groups excluding carboxylic acids is 1. The summed E-state index contributed by atoms with van der Waals surface area (Å²) in [6.07, 6.45) is 5.26. The van der Waals surface area contributed by atoms with E-state index < -0.39 is 0 Å². The molecule has 0 aromatic carbocycles. The molecule has 0 fully saturated rings. The Bertz CT molecular complexity index is 344. The third-order valence-corrected chi connectivity index (χ3v) is 4.16. The molecule has 6 nitrogen and oxygen atoms in total. The van der Waals surface area contributed by atoms with E-state index >= 15 is 0 Å². The fourth-order valence-corrected chi connectivity index (χ4v) is 1.94. The zero-order valence-corrected chi connectivity index (χ0v) is 17.0. The maximum absolute atomic E-state index is 10.8. The van der Waals surface area contributed by atoms with Crippen molar-refractivity contribution >= 4 is 11.7 Å². The van der Waals surface area contributed by atoms with Crippen LogP contribution in [0.2, 0.25) is 0 Å². The summed E-state index contributed by atoms with van der Waals surface area (Å²) in [5.74, 6) is 1.21. The summed E-state index contributed by atoms with van der Waals surface area (Å²) in [5, 5.41) is 0. The Morgan fingerprint density at radius 3 is 1.96 bits per heavy atom. The number of hydrogen-bond donors (Lipinski definition) is 2. The minimum atomic E-state index is 0.125. The standard InChI is InChI=1S/C9H21N3.C9H20N2O/c1-8(10)6-5-7-12(4)9(2)11-3;1-4-9(10)6-5-7-11(3)8(2)12/h8H,5-7,10H2,1-4H3;9H,4-7,10H2,1-3H3. The normalized spacial score (nSPS) is 13.6. The first-order valence-electron chi connectivity index (χ1n) is 9.02. The lowest BCUT2D eigenvalue weighted by Gasteiger charge is -2.18. The van der Waals surface area contributed by atoms with Crippen molar-refractivity contribution in [3.63, 3.8) is 0 Å². The zero-order valence-electron chi connectivity index (χ0n) is 17.0. The summed E-state index contributed by atoms with van der Waals surface area (Å²) in [4.78, 5) is 18.8. The number of hydrogen-bond acceptors (Lipinski definition) is 4. The number of amidine groups is 1. The Hall–Kier alpha value is -1.14. The van der Waals surface area contributed by atoms with Crippen molar-refractivity contribution in [1.82, 2.24) is 9.80 Å². The second-order valence-corrected chi connectivity index (χ2v) is 6.56. The van der Waals surface area contributed by atoms with Gasteiger partial charge in [0.2, 0.25) is 5.91 Å². The van der Waals surface area contributed by atoms with E-state index in [2.05, 4.69) is 23.9 Å². The van der Waals surface area contributed by atoms with Crippen LogP contribution in [-0.2, 0) is 4.79 Å². The summed E-state index contributed by atoms with van der Waals surface area (Å²) in [6.45, 7) is 9.60. The largest absolute Gasteiger partial charge is 0.364 e. The highest BCUT2D eigenvalue weighted by molar-refractivity contribution is 5.79. The molecule has 0 aromatic rings. The van der Waals surface area contributed by atoms with Gasteiger partial charge in [-0.2, -0.15) is 0 Å². The Morgan fingerprint density at radius 1 is 1.04 bits per heavy atom. The Morgan fingerprint density at radius 2 is 1.54 bits per heavy atom. The zero-order chi connectivity index (χ0) is 19.1. The van der Waals surface area contributed by atoms with Crippen molar-refractivity contribution in [2.45, 2.75) is 71.9 Å². The fraction of sp³-hybridized carbons (Fsp3) is 0.889. The van der Waals surface area contributed by atoms with Gasteiger partial charge in [0.1, 0.15) is 0 Å². The molecule has 2 atom stereocenters. The first-order chi connectivity index (χ1) is 11.1. The summed E-state index contributed by atoms with van der Waals surface area (Å²) in [5.41, 5.74) is 11.4. The van der Waals surface area contributed by atoms with Crippen LogP contribution in [-0.4, -0.2) is 67.9 Å². The minimum Gasteiger partial charge on any atom is -0.364 e. The van der Waals surface area contributed by atoms with Gasteiger partial charge in [-0.15, -0.1) is 0 Å². The van der Waals surface area contributed by atoms with Gasteiger partial charge >= 0.3 is 0 Å². The van der Waals surface area contributed by atoms with Gasteiger partial charge in [-0.1, -0.05) is 6.92 Å². The molecule has 4 N–H and O–H groups in total. The minimum absolute atomic E-state index is 0.125. The first kappa shape index (κ1) is 25.1. The van der Waals surface area contributed by atoms with Gasteiger partial charge in [-0.3, -0.25) is 9.79 Å². The molecule has 1 amide bonds. The summed E-state index contributed by atoms with van der Waals surface area (Å²) >= 11 is 0. The molecule has 0 saturated carbocycles. The van der Waals surface area contributed by atoms with Crippen molar-refractivity contribution in [2.75, 3.05) is 34.2 Å². The number of aliphatic imine (C=N–C) groups is 1. The van der Waals surface area contributed by atoms with Gasteiger partial charge in [0.15, 0.2) is 0 Å². The van der Waals surface area contributed by atoms with Crippen LogP contribution in [0.5, 0.6) is 0 Å². The fourth-order valence-electron chi connectivity index (χ4n) is 1.94. The molecule has 0 saturated heterocycles. The second-order valence-electron chi connectivity index (χ2n) is 6.56. The van der Waals surface area contributed by atoms with Gasteiger partial charge in [-0.05, 0) is 46.0 Å². The molecule has 6 heteroatoms. The molecule has 0 rings (SSSR count). The highest BCUT2D eigenvalue weighted by Gasteiger charge is 2.03. The number of rotatable bonds is 9. The van der Waals surface area contributed by atoms with Gasteiger partial charge < -0.3 is 21.3 Å². The molecular weight excluding hydrogens is 302 g/mol. The van der Waals surface area contributed by atoms with E-state index in [4.69, 9.17) is 11.5 Å². The highest BCUT2D eigenvalue weighted by atomic mass is 16.2. The van der Waals surface area contributed by atoms with E-state index in [1.165, 1.54) is 0 Å². The van der Waals surface area contributed by atoms with E-state index in [1.54, 1.807) is 11.8 Å². The van der Waals surface area contributed by atoms with E-state index in [0.717, 1.165) is 51.0 Å². The molecule has 0 radical (unpaired) electrons. The smallest absolute Gasteiger partial charge is 0.219 e. The Balaban J connectivity index is 0. The number of amides is 1. The Kier molecular flexibility index (Phi) is 16.1. The summed E-state index contributed by atoms with van der Waals surface area (Å²) < 4.78 is 0. The molecular formula is C18H41N5O. The SMILES string of the molecule is CCC(N)CCCN(C)C(C)=O.CN=C(C)N(C)CCCC(C)N. The van der Waals surface area contributed by atoms with Crippen molar-refractivity contribution in [3.05, 3.63) is 0 Å². The lowest BCUT2D eigenvalue weighted by atomic mass is 10.1. The predicted octanol–water partition coefficient (Wildman–Crippen LogP) is 2.08. The van der Waals surface area contributed by atoms with Crippen LogP contribution in [0.15, 0.2) is 4.99 Å². The maximum Gasteiger partial charge on any atom is 0.219 e. The molecule has 0 aliphatic heterocycles. The lowest BCUT2D eigenvalue weighted by molar-refractivity contribution is -0.127. The molecule has 0 aromatic heterocycles. The number of carbonyl (C=O) groups is 1. The van der Waals surface area contributed by atoms with Crippen molar-refractivity contribution in [2.24, 2.45) is 16.5 Å². The summed E-state index contributed by atoms with van der Waals surface area (Å²) in [7, 11) is 5.70. The molecule has 144 valence electrons.